The Hall–Kier alpha value is -2.30. The van der Waals surface area contributed by atoms with Gasteiger partial charge in [0.1, 0.15) is 5.75 Å². The van der Waals surface area contributed by atoms with Crippen molar-refractivity contribution in [3.05, 3.63) is 81.5 Å². The number of amides is 1. The van der Waals surface area contributed by atoms with Gasteiger partial charge in [-0.05, 0) is 48.7 Å². The van der Waals surface area contributed by atoms with Gasteiger partial charge in [0, 0.05) is 15.6 Å². The number of halogens is 1. The molecule has 0 spiro atoms. The Balaban J connectivity index is 1.75. The lowest BCUT2D eigenvalue weighted by Crippen LogP contribution is -2.34. The van der Waals surface area contributed by atoms with E-state index in [9.17, 15) is 4.79 Å². The predicted octanol–water partition coefficient (Wildman–Crippen LogP) is 5.32. The summed E-state index contributed by atoms with van der Waals surface area (Å²) in [5, 5.41) is 2.59. The fourth-order valence-corrected chi connectivity index (χ4v) is 3.26. The van der Waals surface area contributed by atoms with Crippen LogP contribution in [0.25, 0.3) is 0 Å². The highest BCUT2D eigenvalue weighted by molar-refractivity contribution is 7.09. The fourth-order valence-electron chi connectivity index (χ4n) is 2.39. The zero-order valence-electron chi connectivity index (χ0n) is 13.8. The predicted molar refractivity (Wildman–Crippen MR) is 104 cm³/mol. The summed E-state index contributed by atoms with van der Waals surface area (Å²) >= 11 is 7.59. The number of anilines is 1. The monoisotopic (exact) mass is 371 g/mol. The van der Waals surface area contributed by atoms with E-state index in [1.54, 1.807) is 40.5 Å². The minimum atomic E-state index is -0.0998. The van der Waals surface area contributed by atoms with E-state index < -0.39 is 0 Å². The number of hydrogen-bond donors (Lipinski definition) is 0. The molecule has 1 aromatic heterocycles. The summed E-state index contributed by atoms with van der Waals surface area (Å²) in [7, 11) is 0. The molecule has 0 radical (unpaired) electrons. The zero-order chi connectivity index (χ0) is 17.6. The molecule has 0 aliphatic carbocycles. The Kier molecular flexibility index (Phi) is 5.74. The Morgan fingerprint density at radius 3 is 2.60 bits per heavy atom. The minimum Gasteiger partial charge on any atom is -0.484 e. The molecule has 3 rings (SSSR count). The summed E-state index contributed by atoms with van der Waals surface area (Å²) in [6, 6.07) is 19.0. The number of carbonyl (C=O) groups excluding carboxylic acids is 1. The van der Waals surface area contributed by atoms with Gasteiger partial charge in [-0.25, -0.2) is 0 Å². The second-order valence-corrected chi connectivity index (χ2v) is 7.11. The van der Waals surface area contributed by atoms with Crippen LogP contribution >= 0.6 is 22.9 Å². The Labute approximate surface area is 156 Å². The number of nitrogens with zero attached hydrogens (tertiary/aromatic N) is 1. The first kappa shape index (κ1) is 17.5. The Bertz CT molecular complexity index is 831. The van der Waals surface area contributed by atoms with Crippen LogP contribution in [0.15, 0.2) is 66.0 Å². The number of hydrogen-bond acceptors (Lipinski definition) is 3. The van der Waals surface area contributed by atoms with Gasteiger partial charge in [-0.1, -0.05) is 41.4 Å². The van der Waals surface area contributed by atoms with E-state index >= 15 is 0 Å². The lowest BCUT2D eigenvalue weighted by atomic mass is 10.2. The van der Waals surface area contributed by atoms with Crippen LogP contribution in [-0.2, 0) is 11.3 Å². The normalized spacial score (nSPS) is 10.5. The van der Waals surface area contributed by atoms with Crippen LogP contribution < -0.4 is 9.64 Å². The quantitative estimate of drug-likeness (QED) is 0.586. The molecule has 0 bridgehead atoms. The standard InChI is InChI=1S/C20H18ClNO2S/c1-15-7-9-17(10-8-15)22(13-19-6-3-11-25-19)20(23)14-24-18-5-2-4-16(21)12-18/h2-12H,13-14H2,1H3. The molecule has 0 aliphatic rings. The first-order chi connectivity index (χ1) is 12.1. The molecule has 1 heterocycles. The van der Waals surface area contributed by atoms with Crippen molar-refractivity contribution in [3.63, 3.8) is 0 Å². The van der Waals surface area contributed by atoms with Crippen LogP contribution in [-0.4, -0.2) is 12.5 Å². The molecule has 0 N–H and O–H groups in total. The van der Waals surface area contributed by atoms with Crippen molar-refractivity contribution in [3.8, 4) is 5.75 Å². The maximum Gasteiger partial charge on any atom is 0.265 e. The topological polar surface area (TPSA) is 29.5 Å². The van der Waals surface area contributed by atoms with Gasteiger partial charge in [0.25, 0.3) is 5.91 Å². The molecule has 3 nitrogen and oxygen atoms in total. The van der Waals surface area contributed by atoms with Crippen molar-refractivity contribution in [1.82, 2.24) is 0 Å². The van der Waals surface area contributed by atoms with Crippen molar-refractivity contribution >= 4 is 34.5 Å². The van der Waals surface area contributed by atoms with Crippen molar-refractivity contribution in [2.75, 3.05) is 11.5 Å². The highest BCUT2D eigenvalue weighted by atomic mass is 35.5. The molecule has 25 heavy (non-hydrogen) atoms. The smallest absolute Gasteiger partial charge is 0.265 e. The van der Waals surface area contributed by atoms with E-state index in [0.29, 0.717) is 17.3 Å². The molecule has 0 saturated carbocycles. The van der Waals surface area contributed by atoms with E-state index in [0.717, 1.165) is 16.1 Å². The van der Waals surface area contributed by atoms with Crippen molar-refractivity contribution in [2.45, 2.75) is 13.5 Å². The van der Waals surface area contributed by atoms with E-state index in [1.807, 2.05) is 48.7 Å². The summed E-state index contributed by atoms with van der Waals surface area (Å²) in [4.78, 5) is 15.7. The second kappa shape index (κ2) is 8.19. The van der Waals surface area contributed by atoms with Crippen molar-refractivity contribution in [2.24, 2.45) is 0 Å². The highest BCUT2D eigenvalue weighted by Crippen LogP contribution is 2.22. The number of aryl methyl sites for hydroxylation is 1. The Morgan fingerprint density at radius 1 is 1.12 bits per heavy atom. The van der Waals surface area contributed by atoms with Gasteiger partial charge in [0.05, 0.1) is 6.54 Å². The van der Waals surface area contributed by atoms with E-state index in [-0.39, 0.29) is 12.5 Å². The number of benzene rings is 2. The molecule has 0 saturated heterocycles. The SMILES string of the molecule is Cc1ccc(N(Cc2cccs2)C(=O)COc2cccc(Cl)c2)cc1. The van der Waals surface area contributed by atoms with Gasteiger partial charge in [-0.15, -0.1) is 11.3 Å². The van der Waals surface area contributed by atoms with Crippen LogP contribution in [0.4, 0.5) is 5.69 Å². The van der Waals surface area contributed by atoms with Crippen LogP contribution in [0, 0.1) is 6.92 Å². The van der Waals surface area contributed by atoms with Crippen molar-refractivity contribution < 1.29 is 9.53 Å². The van der Waals surface area contributed by atoms with Crippen LogP contribution in [0.3, 0.4) is 0 Å². The number of rotatable bonds is 6. The molecule has 2 aromatic carbocycles. The van der Waals surface area contributed by atoms with E-state index in [1.165, 1.54) is 0 Å². The molecular weight excluding hydrogens is 354 g/mol. The summed E-state index contributed by atoms with van der Waals surface area (Å²) in [5.41, 5.74) is 2.01. The summed E-state index contributed by atoms with van der Waals surface area (Å²) in [6.45, 7) is 2.51. The van der Waals surface area contributed by atoms with Crippen molar-refractivity contribution in [1.29, 1.82) is 0 Å². The largest absolute Gasteiger partial charge is 0.484 e. The molecule has 0 unspecified atom stereocenters. The van der Waals surface area contributed by atoms with Gasteiger partial charge in [-0.2, -0.15) is 0 Å². The molecule has 1 amide bonds. The first-order valence-corrected chi connectivity index (χ1v) is 9.15. The number of thiophene rings is 1. The number of ether oxygens (including phenoxy) is 1. The molecular formula is C20H18ClNO2S. The van der Waals surface area contributed by atoms with Crippen LogP contribution in [0.2, 0.25) is 5.02 Å². The highest BCUT2D eigenvalue weighted by Gasteiger charge is 2.17. The van der Waals surface area contributed by atoms with Crippen LogP contribution in [0.5, 0.6) is 5.75 Å². The average molecular weight is 372 g/mol. The Morgan fingerprint density at radius 2 is 1.92 bits per heavy atom. The van der Waals surface area contributed by atoms with E-state index in [4.69, 9.17) is 16.3 Å². The average Bonchev–Trinajstić information content (AvgIpc) is 3.12. The van der Waals surface area contributed by atoms with Gasteiger partial charge >= 0.3 is 0 Å². The summed E-state index contributed by atoms with van der Waals surface area (Å²) in [5.74, 6) is 0.484. The molecule has 5 heteroatoms. The second-order valence-electron chi connectivity index (χ2n) is 5.64. The van der Waals surface area contributed by atoms with Gasteiger partial charge < -0.3 is 9.64 Å². The molecule has 0 fully saturated rings. The number of carbonyl (C=O) groups is 1. The summed E-state index contributed by atoms with van der Waals surface area (Å²) in [6.07, 6.45) is 0. The first-order valence-electron chi connectivity index (χ1n) is 7.89. The molecule has 128 valence electrons. The third-order valence-electron chi connectivity index (χ3n) is 3.70. The third-order valence-corrected chi connectivity index (χ3v) is 4.80. The van der Waals surface area contributed by atoms with E-state index in [2.05, 4.69) is 0 Å². The maximum absolute atomic E-state index is 12.8. The summed E-state index contributed by atoms with van der Waals surface area (Å²) < 4.78 is 5.62. The lowest BCUT2D eigenvalue weighted by Gasteiger charge is -2.22. The lowest BCUT2D eigenvalue weighted by molar-refractivity contribution is -0.120. The molecule has 0 aliphatic heterocycles. The van der Waals surface area contributed by atoms with Gasteiger partial charge in [0.2, 0.25) is 0 Å². The van der Waals surface area contributed by atoms with Gasteiger partial charge in [-0.3, -0.25) is 4.79 Å². The molecule has 0 atom stereocenters. The maximum atomic E-state index is 12.8. The fraction of sp³-hybridized carbons (Fsp3) is 0.150. The minimum absolute atomic E-state index is 0.0421. The zero-order valence-corrected chi connectivity index (χ0v) is 15.4. The third kappa shape index (κ3) is 4.84. The van der Waals surface area contributed by atoms with Crippen LogP contribution in [0.1, 0.15) is 10.4 Å². The van der Waals surface area contributed by atoms with Gasteiger partial charge in [0.15, 0.2) is 6.61 Å². The molecule has 3 aromatic rings.